The van der Waals surface area contributed by atoms with Crippen molar-refractivity contribution in [2.75, 3.05) is 6.61 Å². The molecule has 1 amide bonds. The van der Waals surface area contributed by atoms with Gasteiger partial charge in [-0.05, 0) is 30.0 Å². The van der Waals surface area contributed by atoms with Crippen LogP contribution in [0.25, 0.3) is 0 Å². The Balaban J connectivity index is 1.78. The summed E-state index contributed by atoms with van der Waals surface area (Å²) < 4.78 is 5.50. The van der Waals surface area contributed by atoms with E-state index in [-0.39, 0.29) is 17.9 Å². The summed E-state index contributed by atoms with van der Waals surface area (Å²) in [5.74, 6) is 0.572. The van der Waals surface area contributed by atoms with Crippen molar-refractivity contribution in [1.29, 1.82) is 0 Å². The predicted molar refractivity (Wildman–Crippen MR) is 89.3 cm³/mol. The molecule has 4 nitrogen and oxygen atoms in total. The highest BCUT2D eigenvalue weighted by molar-refractivity contribution is 7.11. The van der Waals surface area contributed by atoms with Crippen LogP contribution in [0.2, 0.25) is 0 Å². The lowest BCUT2D eigenvalue weighted by Gasteiger charge is -2.19. The van der Waals surface area contributed by atoms with Crippen LogP contribution < -0.4 is 10.1 Å². The average molecular weight is 318 g/mol. The number of carbonyl (C=O) groups is 1. The van der Waals surface area contributed by atoms with Gasteiger partial charge in [0.15, 0.2) is 6.61 Å². The lowest BCUT2D eigenvalue weighted by Crippen LogP contribution is -2.28. The number of aromatic nitrogens is 1. The first-order valence-electron chi connectivity index (χ1n) is 7.26. The largest absolute Gasteiger partial charge is 0.484 e. The van der Waals surface area contributed by atoms with E-state index in [1.807, 2.05) is 31.2 Å². The van der Waals surface area contributed by atoms with Gasteiger partial charge in [-0.3, -0.25) is 4.79 Å². The van der Waals surface area contributed by atoms with Crippen LogP contribution in [-0.2, 0) is 16.8 Å². The Morgan fingerprint density at radius 2 is 1.95 bits per heavy atom. The number of thiazole rings is 1. The molecule has 0 spiro atoms. The van der Waals surface area contributed by atoms with Crippen molar-refractivity contribution in [3.63, 3.8) is 0 Å². The molecule has 0 saturated heterocycles. The van der Waals surface area contributed by atoms with Gasteiger partial charge in [0.1, 0.15) is 5.75 Å². The summed E-state index contributed by atoms with van der Waals surface area (Å²) in [6.45, 7) is 8.95. The first-order chi connectivity index (χ1) is 10.3. The SMILES string of the molecule is Cc1ncc(CNC(=O)COc2ccc(C(C)(C)C)cc2)s1. The van der Waals surface area contributed by atoms with E-state index in [2.05, 4.69) is 31.1 Å². The molecule has 22 heavy (non-hydrogen) atoms. The van der Waals surface area contributed by atoms with E-state index in [9.17, 15) is 4.79 Å². The second-order valence-corrected chi connectivity index (χ2v) is 7.50. The van der Waals surface area contributed by atoms with Gasteiger partial charge in [-0.1, -0.05) is 32.9 Å². The molecule has 118 valence electrons. The predicted octanol–water partition coefficient (Wildman–Crippen LogP) is 3.44. The maximum Gasteiger partial charge on any atom is 0.258 e. The Kier molecular flexibility index (Phi) is 5.19. The van der Waals surface area contributed by atoms with Gasteiger partial charge in [0.25, 0.3) is 5.91 Å². The van der Waals surface area contributed by atoms with E-state index in [0.717, 1.165) is 9.88 Å². The molecule has 0 radical (unpaired) electrons. The average Bonchev–Trinajstić information content (AvgIpc) is 2.88. The van der Waals surface area contributed by atoms with Crippen LogP contribution in [0.3, 0.4) is 0 Å². The van der Waals surface area contributed by atoms with Crippen molar-refractivity contribution in [3.05, 3.63) is 45.9 Å². The molecular formula is C17H22N2O2S. The monoisotopic (exact) mass is 318 g/mol. The molecule has 1 N–H and O–H groups in total. The molecule has 0 aliphatic carbocycles. The summed E-state index contributed by atoms with van der Waals surface area (Å²) in [7, 11) is 0. The van der Waals surface area contributed by atoms with E-state index in [0.29, 0.717) is 12.3 Å². The van der Waals surface area contributed by atoms with Crippen LogP contribution in [0.4, 0.5) is 0 Å². The van der Waals surface area contributed by atoms with Gasteiger partial charge in [0.05, 0.1) is 11.6 Å². The summed E-state index contributed by atoms with van der Waals surface area (Å²) in [6, 6.07) is 7.88. The minimum atomic E-state index is -0.133. The minimum Gasteiger partial charge on any atom is -0.484 e. The van der Waals surface area contributed by atoms with Crippen molar-refractivity contribution >= 4 is 17.2 Å². The van der Waals surface area contributed by atoms with Gasteiger partial charge in [-0.2, -0.15) is 0 Å². The van der Waals surface area contributed by atoms with Crippen LogP contribution in [0.15, 0.2) is 30.5 Å². The molecule has 0 unspecified atom stereocenters. The molecular weight excluding hydrogens is 296 g/mol. The lowest BCUT2D eigenvalue weighted by molar-refractivity contribution is -0.123. The van der Waals surface area contributed by atoms with Gasteiger partial charge in [0, 0.05) is 11.1 Å². The fourth-order valence-electron chi connectivity index (χ4n) is 1.92. The van der Waals surface area contributed by atoms with Crippen LogP contribution in [-0.4, -0.2) is 17.5 Å². The summed E-state index contributed by atoms with van der Waals surface area (Å²) in [5, 5.41) is 3.82. The zero-order chi connectivity index (χ0) is 16.2. The Morgan fingerprint density at radius 3 is 2.50 bits per heavy atom. The van der Waals surface area contributed by atoms with E-state index in [1.165, 1.54) is 5.56 Å². The van der Waals surface area contributed by atoms with E-state index >= 15 is 0 Å². The summed E-state index contributed by atoms with van der Waals surface area (Å²) in [6.07, 6.45) is 1.78. The van der Waals surface area contributed by atoms with E-state index < -0.39 is 0 Å². The summed E-state index contributed by atoms with van der Waals surface area (Å²) in [4.78, 5) is 17.0. The smallest absolute Gasteiger partial charge is 0.258 e. The maximum atomic E-state index is 11.8. The molecule has 0 bridgehead atoms. The molecule has 1 heterocycles. The number of nitrogens with zero attached hydrogens (tertiary/aromatic N) is 1. The van der Waals surface area contributed by atoms with Crippen molar-refractivity contribution in [2.45, 2.75) is 39.7 Å². The van der Waals surface area contributed by atoms with Gasteiger partial charge in [-0.15, -0.1) is 11.3 Å². The fraction of sp³-hybridized carbons (Fsp3) is 0.412. The molecule has 2 rings (SSSR count). The van der Waals surface area contributed by atoms with E-state index in [1.54, 1.807) is 17.5 Å². The third-order valence-corrected chi connectivity index (χ3v) is 4.13. The number of hydrogen-bond donors (Lipinski definition) is 1. The summed E-state index contributed by atoms with van der Waals surface area (Å²) >= 11 is 1.58. The standard InChI is InChI=1S/C17H22N2O2S/c1-12-18-9-15(22-12)10-19-16(20)11-21-14-7-5-13(6-8-14)17(2,3)4/h5-9H,10-11H2,1-4H3,(H,19,20). The zero-order valence-corrected chi connectivity index (χ0v) is 14.3. The molecule has 1 aromatic heterocycles. The fourth-order valence-corrected chi connectivity index (χ4v) is 2.66. The van der Waals surface area contributed by atoms with E-state index in [4.69, 9.17) is 4.74 Å². The van der Waals surface area contributed by atoms with Gasteiger partial charge in [-0.25, -0.2) is 4.98 Å². The van der Waals surface area contributed by atoms with Crippen molar-refractivity contribution < 1.29 is 9.53 Å². The van der Waals surface area contributed by atoms with Crippen LogP contribution >= 0.6 is 11.3 Å². The number of aryl methyl sites for hydroxylation is 1. The molecule has 0 aliphatic rings. The summed E-state index contributed by atoms with van der Waals surface area (Å²) in [5.41, 5.74) is 1.35. The van der Waals surface area contributed by atoms with Crippen molar-refractivity contribution in [3.8, 4) is 5.75 Å². The second-order valence-electron chi connectivity index (χ2n) is 6.19. The van der Waals surface area contributed by atoms with Gasteiger partial charge >= 0.3 is 0 Å². The highest BCUT2D eigenvalue weighted by Crippen LogP contribution is 2.24. The Bertz CT molecular complexity index is 627. The van der Waals surface area contributed by atoms with Crippen molar-refractivity contribution in [1.82, 2.24) is 10.3 Å². The van der Waals surface area contributed by atoms with Gasteiger partial charge < -0.3 is 10.1 Å². The molecule has 0 atom stereocenters. The van der Waals surface area contributed by atoms with Crippen LogP contribution in [0.1, 0.15) is 36.2 Å². The Morgan fingerprint density at radius 1 is 1.27 bits per heavy atom. The molecule has 0 saturated carbocycles. The first kappa shape index (κ1) is 16.5. The normalized spacial score (nSPS) is 11.3. The Hall–Kier alpha value is -1.88. The highest BCUT2D eigenvalue weighted by atomic mass is 32.1. The number of amides is 1. The number of rotatable bonds is 5. The van der Waals surface area contributed by atoms with Gasteiger partial charge in [0.2, 0.25) is 0 Å². The molecule has 0 fully saturated rings. The molecule has 0 aliphatic heterocycles. The number of nitrogens with one attached hydrogen (secondary N) is 1. The topological polar surface area (TPSA) is 51.2 Å². The zero-order valence-electron chi connectivity index (χ0n) is 13.5. The highest BCUT2D eigenvalue weighted by Gasteiger charge is 2.13. The number of carbonyl (C=O) groups excluding carboxylic acids is 1. The molecule has 2 aromatic rings. The second kappa shape index (κ2) is 6.92. The van der Waals surface area contributed by atoms with Crippen LogP contribution in [0.5, 0.6) is 5.75 Å². The Labute approximate surface area is 135 Å². The number of benzene rings is 1. The lowest BCUT2D eigenvalue weighted by atomic mass is 9.87. The molecule has 1 aromatic carbocycles. The third-order valence-electron chi connectivity index (χ3n) is 3.22. The maximum absolute atomic E-state index is 11.8. The van der Waals surface area contributed by atoms with Crippen LogP contribution in [0, 0.1) is 6.92 Å². The minimum absolute atomic E-state index is 0.0205. The third kappa shape index (κ3) is 4.84. The molecule has 5 heteroatoms. The first-order valence-corrected chi connectivity index (χ1v) is 8.07. The van der Waals surface area contributed by atoms with Crippen molar-refractivity contribution in [2.24, 2.45) is 0 Å². The number of hydrogen-bond acceptors (Lipinski definition) is 4. The number of ether oxygens (including phenoxy) is 1. The quantitative estimate of drug-likeness (QED) is 0.918.